The van der Waals surface area contributed by atoms with Gasteiger partial charge in [0.25, 0.3) is 0 Å². The van der Waals surface area contributed by atoms with Crippen molar-refractivity contribution in [3.05, 3.63) is 70.6 Å². The molecular formula is C19H16ClF3N4O. The van der Waals surface area contributed by atoms with E-state index in [1.165, 1.54) is 4.68 Å². The highest BCUT2D eigenvalue weighted by atomic mass is 35.5. The monoisotopic (exact) mass is 408 g/mol. The molecule has 0 bridgehead atoms. The van der Waals surface area contributed by atoms with Gasteiger partial charge in [0.1, 0.15) is 5.82 Å². The lowest BCUT2D eigenvalue weighted by Gasteiger charge is -2.13. The number of aromatic nitrogens is 3. The summed E-state index contributed by atoms with van der Waals surface area (Å²) < 4.78 is 40.3. The zero-order valence-corrected chi connectivity index (χ0v) is 15.6. The van der Waals surface area contributed by atoms with E-state index in [4.69, 9.17) is 11.6 Å². The van der Waals surface area contributed by atoms with Gasteiger partial charge in [0.2, 0.25) is 5.91 Å². The van der Waals surface area contributed by atoms with Crippen molar-refractivity contribution in [3.8, 4) is 5.69 Å². The molecule has 5 nitrogen and oxygen atoms in total. The second-order valence-corrected chi connectivity index (χ2v) is 6.56. The molecular weight excluding hydrogens is 393 g/mol. The third-order valence-electron chi connectivity index (χ3n) is 3.96. The summed E-state index contributed by atoms with van der Waals surface area (Å²) in [6.07, 6.45) is -0.536. The molecule has 0 spiro atoms. The number of carbonyl (C=O) groups is 1. The number of nitrogens with one attached hydrogen (secondary N) is 1. The van der Waals surface area contributed by atoms with E-state index in [-0.39, 0.29) is 28.9 Å². The molecule has 0 atom stereocenters. The number of benzene rings is 1. The van der Waals surface area contributed by atoms with Crippen LogP contribution in [0.25, 0.3) is 5.69 Å². The average Bonchev–Trinajstić information content (AvgIpc) is 3.00. The molecule has 1 N–H and O–H groups in total. The van der Waals surface area contributed by atoms with Crippen LogP contribution in [0.1, 0.15) is 23.2 Å². The van der Waals surface area contributed by atoms with Gasteiger partial charge in [-0.05, 0) is 43.2 Å². The van der Waals surface area contributed by atoms with Crippen LogP contribution in [0.5, 0.6) is 0 Å². The lowest BCUT2D eigenvalue weighted by Crippen LogP contribution is -2.16. The molecule has 0 aliphatic heterocycles. The van der Waals surface area contributed by atoms with Gasteiger partial charge in [-0.3, -0.25) is 9.78 Å². The molecule has 1 aromatic carbocycles. The maximum absolute atomic E-state index is 13.0. The van der Waals surface area contributed by atoms with Crippen LogP contribution in [0.3, 0.4) is 0 Å². The van der Waals surface area contributed by atoms with E-state index in [1.807, 2.05) is 6.07 Å². The highest BCUT2D eigenvalue weighted by Gasteiger charge is 2.31. The number of nitrogens with zero attached hydrogens (tertiary/aromatic N) is 3. The van der Waals surface area contributed by atoms with Crippen LogP contribution in [-0.4, -0.2) is 20.7 Å². The SMILES string of the molecule is Cc1cc(NC(=O)CCc2cccnc2)n(-c2cc(C(F)(F)F)ccc2Cl)n1. The van der Waals surface area contributed by atoms with Crippen LogP contribution in [0.15, 0.2) is 48.8 Å². The fraction of sp³-hybridized carbons (Fsp3) is 0.211. The molecule has 3 rings (SSSR count). The highest BCUT2D eigenvalue weighted by molar-refractivity contribution is 6.32. The Morgan fingerprint density at radius 1 is 1.25 bits per heavy atom. The molecule has 0 unspecified atom stereocenters. The zero-order chi connectivity index (χ0) is 20.3. The summed E-state index contributed by atoms with van der Waals surface area (Å²) in [6, 6.07) is 8.16. The van der Waals surface area contributed by atoms with E-state index >= 15 is 0 Å². The Bertz CT molecular complexity index is 987. The fourth-order valence-electron chi connectivity index (χ4n) is 2.63. The number of hydrogen-bond donors (Lipinski definition) is 1. The number of aryl methyl sites for hydroxylation is 2. The molecule has 28 heavy (non-hydrogen) atoms. The van der Waals surface area contributed by atoms with Crippen molar-refractivity contribution in [1.29, 1.82) is 0 Å². The van der Waals surface area contributed by atoms with Gasteiger partial charge in [0.05, 0.1) is 22.0 Å². The predicted molar refractivity (Wildman–Crippen MR) is 99.5 cm³/mol. The van der Waals surface area contributed by atoms with Gasteiger partial charge in [-0.15, -0.1) is 0 Å². The van der Waals surface area contributed by atoms with Gasteiger partial charge in [-0.2, -0.15) is 18.3 Å². The summed E-state index contributed by atoms with van der Waals surface area (Å²) in [7, 11) is 0. The summed E-state index contributed by atoms with van der Waals surface area (Å²) in [6.45, 7) is 1.67. The van der Waals surface area contributed by atoms with E-state index in [9.17, 15) is 18.0 Å². The van der Waals surface area contributed by atoms with E-state index < -0.39 is 11.7 Å². The van der Waals surface area contributed by atoms with Crippen LogP contribution < -0.4 is 5.32 Å². The van der Waals surface area contributed by atoms with Crippen molar-refractivity contribution >= 4 is 23.3 Å². The normalized spacial score (nSPS) is 11.5. The van der Waals surface area contributed by atoms with E-state index in [0.29, 0.717) is 12.1 Å². The molecule has 3 aromatic rings. The number of halogens is 4. The topological polar surface area (TPSA) is 59.8 Å². The largest absolute Gasteiger partial charge is 0.416 e. The van der Waals surface area contributed by atoms with Crippen LogP contribution in [0.4, 0.5) is 19.0 Å². The number of anilines is 1. The molecule has 146 valence electrons. The first-order chi connectivity index (χ1) is 13.2. The predicted octanol–water partition coefficient (Wildman–Crippen LogP) is 4.82. The maximum Gasteiger partial charge on any atom is 0.416 e. The first-order valence-corrected chi connectivity index (χ1v) is 8.74. The lowest BCUT2D eigenvalue weighted by atomic mass is 10.1. The third kappa shape index (κ3) is 4.69. The van der Waals surface area contributed by atoms with E-state index in [2.05, 4.69) is 15.4 Å². The van der Waals surface area contributed by atoms with Crippen molar-refractivity contribution < 1.29 is 18.0 Å². The molecule has 2 heterocycles. The second-order valence-electron chi connectivity index (χ2n) is 6.16. The Morgan fingerprint density at radius 2 is 2.04 bits per heavy atom. The first-order valence-electron chi connectivity index (χ1n) is 8.36. The number of hydrogen-bond acceptors (Lipinski definition) is 3. The standard InChI is InChI=1S/C19H16ClF3N4O/c1-12-9-17(25-18(28)7-4-13-3-2-8-24-11-13)27(26-12)16-10-14(19(21,22)23)5-6-15(16)20/h2-3,5-6,8-11H,4,7H2,1H3,(H,25,28). The Balaban J connectivity index is 1.83. The number of alkyl halides is 3. The van der Waals surface area contributed by atoms with Crippen LogP contribution in [0.2, 0.25) is 5.02 Å². The summed E-state index contributed by atoms with van der Waals surface area (Å²) in [5.74, 6) is -0.0528. The van der Waals surface area contributed by atoms with Crippen molar-refractivity contribution in [3.63, 3.8) is 0 Å². The fourth-order valence-corrected chi connectivity index (χ4v) is 2.83. The van der Waals surface area contributed by atoms with Crippen LogP contribution in [-0.2, 0) is 17.4 Å². The smallest absolute Gasteiger partial charge is 0.311 e. The van der Waals surface area contributed by atoms with E-state index in [0.717, 1.165) is 23.8 Å². The summed E-state index contributed by atoms with van der Waals surface area (Å²) in [5.41, 5.74) is 0.611. The number of pyridine rings is 1. The Labute approximate surface area is 164 Å². The number of amides is 1. The van der Waals surface area contributed by atoms with Gasteiger partial charge < -0.3 is 5.32 Å². The molecule has 0 saturated carbocycles. The minimum Gasteiger partial charge on any atom is -0.311 e. The molecule has 1 amide bonds. The van der Waals surface area contributed by atoms with E-state index in [1.54, 1.807) is 31.5 Å². The third-order valence-corrected chi connectivity index (χ3v) is 4.28. The van der Waals surface area contributed by atoms with Gasteiger partial charge in [-0.1, -0.05) is 17.7 Å². The van der Waals surface area contributed by atoms with Gasteiger partial charge >= 0.3 is 6.18 Å². The minimum atomic E-state index is -4.52. The molecule has 0 radical (unpaired) electrons. The zero-order valence-electron chi connectivity index (χ0n) is 14.8. The van der Waals surface area contributed by atoms with Crippen molar-refractivity contribution in [1.82, 2.24) is 14.8 Å². The van der Waals surface area contributed by atoms with Crippen molar-refractivity contribution in [2.45, 2.75) is 25.9 Å². The summed E-state index contributed by atoms with van der Waals surface area (Å²) in [5, 5.41) is 6.95. The first kappa shape index (κ1) is 19.9. The molecule has 0 saturated heterocycles. The Morgan fingerprint density at radius 3 is 2.71 bits per heavy atom. The summed E-state index contributed by atoms with van der Waals surface area (Å²) in [4.78, 5) is 16.3. The molecule has 2 aromatic heterocycles. The summed E-state index contributed by atoms with van der Waals surface area (Å²) >= 11 is 6.09. The molecule has 0 aliphatic rings. The average molecular weight is 409 g/mol. The van der Waals surface area contributed by atoms with Gasteiger partial charge in [0, 0.05) is 24.9 Å². The maximum atomic E-state index is 13.0. The van der Waals surface area contributed by atoms with Gasteiger partial charge in [-0.25, -0.2) is 4.68 Å². The molecule has 9 heteroatoms. The Hall–Kier alpha value is -2.87. The number of carbonyl (C=O) groups excluding carboxylic acids is 1. The lowest BCUT2D eigenvalue weighted by molar-refractivity contribution is -0.137. The molecule has 0 fully saturated rings. The van der Waals surface area contributed by atoms with Crippen molar-refractivity contribution in [2.75, 3.05) is 5.32 Å². The quantitative estimate of drug-likeness (QED) is 0.658. The van der Waals surface area contributed by atoms with Crippen LogP contribution >= 0.6 is 11.6 Å². The minimum absolute atomic E-state index is 0.0344. The van der Waals surface area contributed by atoms with Crippen molar-refractivity contribution in [2.24, 2.45) is 0 Å². The number of rotatable bonds is 5. The van der Waals surface area contributed by atoms with Crippen LogP contribution in [0, 0.1) is 6.92 Å². The molecule has 0 aliphatic carbocycles. The Kier molecular flexibility index (Phi) is 5.69. The van der Waals surface area contributed by atoms with Gasteiger partial charge in [0.15, 0.2) is 0 Å². The second kappa shape index (κ2) is 8.02. The highest BCUT2D eigenvalue weighted by Crippen LogP contribution is 2.34.